The van der Waals surface area contributed by atoms with Crippen LogP contribution in [0.5, 0.6) is 0 Å². The average molecular weight is 299 g/mol. The third-order valence-corrected chi connectivity index (χ3v) is 3.05. The molecule has 0 aliphatic heterocycles. The lowest BCUT2D eigenvalue weighted by Crippen LogP contribution is -1.82. The molecule has 18 heavy (non-hydrogen) atoms. The molecule has 0 unspecified atom stereocenters. The molecule has 1 aromatic carbocycles. The smallest absolute Gasteiger partial charge is 0.140 e. The highest BCUT2D eigenvalue weighted by molar-refractivity contribution is 9.10. The standard InChI is InChI=1S/C13H7BrN4/c14-10-4-9(6-16-7-10)13-17-11-3-1-2-8(5-15)12(11)18-13/h1-4,6-7H,(H,17,18). The molecular formula is C13H7BrN4. The van der Waals surface area contributed by atoms with Gasteiger partial charge in [0.25, 0.3) is 0 Å². The van der Waals surface area contributed by atoms with E-state index in [9.17, 15) is 0 Å². The van der Waals surface area contributed by atoms with E-state index in [4.69, 9.17) is 5.26 Å². The molecule has 0 fully saturated rings. The third kappa shape index (κ3) is 1.77. The van der Waals surface area contributed by atoms with Crippen LogP contribution in [0.3, 0.4) is 0 Å². The fourth-order valence-electron chi connectivity index (χ4n) is 1.80. The number of benzene rings is 1. The predicted octanol–water partition coefficient (Wildman–Crippen LogP) is 3.26. The highest BCUT2D eigenvalue weighted by Crippen LogP contribution is 2.23. The Kier molecular flexibility index (Phi) is 2.58. The van der Waals surface area contributed by atoms with Gasteiger partial charge in [-0.3, -0.25) is 4.98 Å². The van der Waals surface area contributed by atoms with Crippen molar-refractivity contribution in [3.05, 3.63) is 46.7 Å². The number of hydrogen-bond acceptors (Lipinski definition) is 3. The van der Waals surface area contributed by atoms with Crippen molar-refractivity contribution >= 4 is 27.0 Å². The monoisotopic (exact) mass is 298 g/mol. The quantitative estimate of drug-likeness (QED) is 0.750. The molecule has 2 heterocycles. The number of aromatic nitrogens is 3. The Hall–Kier alpha value is -2.19. The van der Waals surface area contributed by atoms with Crippen LogP contribution in [-0.2, 0) is 0 Å². The minimum Gasteiger partial charge on any atom is -0.338 e. The summed E-state index contributed by atoms with van der Waals surface area (Å²) in [5, 5.41) is 9.04. The molecule has 3 aromatic rings. The molecule has 3 rings (SSSR count). The Morgan fingerprint density at radius 2 is 2.17 bits per heavy atom. The summed E-state index contributed by atoms with van der Waals surface area (Å²) in [6.07, 6.45) is 3.45. The first kappa shape index (κ1) is 10.9. The predicted molar refractivity (Wildman–Crippen MR) is 71.7 cm³/mol. The van der Waals surface area contributed by atoms with Gasteiger partial charge in [-0.15, -0.1) is 0 Å². The number of H-pyrrole nitrogens is 1. The van der Waals surface area contributed by atoms with Gasteiger partial charge in [0.05, 0.1) is 11.1 Å². The molecule has 0 radical (unpaired) electrons. The van der Waals surface area contributed by atoms with E-state index in [0.29, 0.717) is 16.9 Å². The summed E-state index contributed by atoms with van der Waals surface area (Å²) < 4.78 is 0.890. The molecule has 5 heteroatoms. The number of aromatic amines is 1. The molecule has 0 bridgehead atoms. The van der Waals surface area contributed by atoms with Gasteiger partial charge in [-0.05, 0) is 34.1 Å². The number of imidazole rings is 1. The Bertz CT molecular complexity index is 770. The fraction of sp³-hybridized carbons (Fsp3) is 0. The maximum absolute atomic E-state index is 9.04. The number of halogens is 1. The van der Waals surface area contributed by atoms with Crippen LogP contribution in [0, 0.1) is 11.3 Å². The molecule has 86 valence electrons. The Morgan fingerprint density at radius 3 is 2.94 bits per heavy atom. The van der Waals surface area contributed by atoms with E-state index in [1.54, 1.807) is 18.5 Å². The van der Waals surface area contributed by atoms with Gasteiger partial charge >= 0.3 is 0 Å². The lowest BCUT2D eigenvalue weighted by atomic mass is 10.2. The first-order valence-corrected chi connectivity index (χ1v) is 6.07. The van der Waals surface area contributed by atoms with Crippen molar-refractivity contribution in [2.24, 2.45) is 0 Å². The molecule has 0 aliphatic carbocycles. The van der Waals surface area contributed by atoms with Gasteiger partial charge in [-0.2, -0.15) is 5.26 Å². The second-order valence-corrected chi connectivity index (χ2v) is 4.71. The van der Waals surface area contributed by atoms with Gasteiger partial charge in [0.2, 0.25) is 0 Å². The molecule has 1 N–H and O–H groups in total. The minimum atomic E-state index is 0.568. The number of nitriles is 1. The van der Waals surface area contributed by atoms with Crippen molar-refractivity contribution in [3.63, 3.8) is 0 Å². The van der Waals surface area contributed by atoms with Gasteiger partial charge in [-0.1, -0.05) is 6.07 Å². The van der Waals surface area contributed by atoms with Crippen LogP contribution in [0.25, 0.3) is 22.4 Å². The number of pyridine rings is 1. The van der Waals surface area contributed by atoms with Crippen LogP contribution in [0.2, 0.25) is 0 Å². The summed E-state index contributed by atoms with van der Waals surface area (Å²) in [6, 6.07) is 9.56. The largest absolute Gasteiger partial charge is 0.338 e. The highest BCUT2D eigenvalue weighted by atomic mass is 79.9. The van der Waals surface area contributed by atoms with Crippen molar-refractivity contribution in [1.29, 1.82) is 5.26 Å². The SMILES string of the molecule is N#Cc1cccc2[nH]c(-c3cncc(Br)c3)nc12. The van der Waals surface area contributed by atoms with E-state index in [1.165, 1.54) is 0 Å². The zero-order valence-corrected chi connectivity index (χ0v) is 10.8. The van der Waals surface area contributed by atoms with Crippen LogP contribution in [0.15, 0.2) is 41.1 Å². The van der Waals surface area contributed by atoms with Crippen molar-refractivity contribution in [2.45, 2.75) is 0 Å². The van der Waals surface area contributed by atoms with Crippen LogP contribution < -0.4 is 0 Å². The average Bonchev–Trinajstić information content (AvgIpc) is 2.82. The van der Waals surface area contributed by atoms with Gasteiger partial charge in [0, 0.05) is 22.4 Å². The summed E-state index contributed by atoms with van der Waals surface area (Å²) in [7, 11) is 0. The molecule has 4 nitrogen and oxygen atoms in total. The second-order valence-electron chi connectivity index (χ2n) is 3.79. The lowest BCUT2D eigenvalue weighted by Gasteiger charge is -1.95. The van der Waals surface area contributed by atoms with E-state index >= 15 is 0 Å². The normalized spacial score (nSPS) is 10.4. The van der Waals surface area contributed by atoms with Crippen LogP contribution in [0.4, 0.5) is 0 Å². The van der Waals surface area contributed by atoms with E-state index in [0.717, 1.165) is 15.6 Å². The molecule has 0 saturated heterocycles. The zero-order chi connectivity index (χ0) is 12.5. The fourth-order valence-corrected chi connectivity index (χ4v) is 2.17. The number of fused-ring (bicyclic) bond motifs is 1. The van der Waals surface area contributed by atoms with Crippen LogP contribution in [-0.4, -0.2) is 15.0 Å². The maximum atomic E-state index is 9.04. The number of rotatable bonds is 1. The third-order valence-electron chi connectivity index (χ3n) is 2.61. The van der Waals surface area contributed by atoms with Gasteiger partial charge in [0.15, 0.2) is 0 Å². The van der Waals surface area contributed by atoms with E-state index in [2.05, 4.69) is 37.0 Å². The van der Waals surface area contributed by atoms with Gasteiger partial charge < -0.3 is 4.98 Å². The zero-order valence-electron chi connectivity index (χ0n) is 9.18. The van der Waals surface area contributed by atoms with Crippen molar-refractivity contribution in [1.82, 2.24) is 15.0 Å². The van der Waals surface area contributed by atoms with Gasteiger partial charge in [-0.25, -0.2) is 4.98 Å². The number of hydrogen-bond donors (Lipinski definition) is 1. The van der Waals surface area contributed by atoms with E-state index < -0.39 is 0 Å². The Labute approximate surface area is 111 Å². The van der Waals surface area contributed by atoms with Crippen LogP contribution in [0.1, 0.15) is 5.56 Å². The summed E-state index contributed by atoms with van der Waals surface area (Å²) in [6.45, 7) is 0. The summed E-state index contributed by atoms with van der Waals surface area (Å²) in [5.74, 6) is 0.710. The van der Waals surface area contributed by atoms with Crippen molar-refractivity contribution < 1.29 is 0 Å². The summed E-state index contributed by atoms with van der Waals surface area (Å²) >= 11 is 3.37. The molecule has 0 amide bonds. The highest BCUT2D eigenvalue weighted by Gasteiger charge is 2.08. The number of nitrogens with zero attached hydrogens (tertiary/aromatic N) is 3. The van der Waals surface area contributed by atoms with Crippen LogP contribution >= 0.6 is 15.9 Å². The topological polar surface area (TPSA) is 65.4 Å². The first-order valence-electron chi connectivity index (χ1n) is 5.27. The van der Waals surface area contributed by atoms with Gasteiger partial charge in [0.1, 0.15) is 17.4 Å². The second kappa shape index (κ2) is 4.24. The molecular weight excluding hydrogens is 292 g/mol. The van der Waals surface area contributed by atoms with E-state index in [-0.39, 0.29) is 0 Å². The van der Waals surface area contributed by atoms with Crippen molar-refractivity contribution in [3.8, 4) is 17.5 Å². The minimum absolute atomic E-state index is 0.568. The number of nitrogens with one attached hydrogen (secondary N) is 1. The molecule has 0 aliphatic rings. The maximum Gasteiger partial charge on any atom is 0.140 e. The van der Waals surface area contributed by atoms with E-state index in [1.807, 2.05) is 18.2 Å². The lowest BCUT2D eigenvalue weighted by molar-refractivity contribution is 1.26. The number of para-hydroxylation sites is 1. The van der Waals surface area contributed by atoms with Crippen molar-refractivity contribution in [2.75, 3.05) is 0 Å². The summed E-state index contributed by atoms with van der Waals surface area (Å²) in [5.41, 5.74) is 2.99. The molecule has 0 atom stereocenters. The Morgan fingerprint density at radius 1 is 1.28 bits per heavy atom. The Balaban J connectivity index is 2.23. The first-order chi connectivity index (χ1) is 8.78. The molecule has 0 spiro atoms. The molecule has 2 aromatic heterocycles. The summed E-state index contributed by atoms with van der Waals surface area (Å²) in [4.78, 5) is 11.7. The molecule has 0 saturated carbocycles.